The molecule has 0 aliphatic carbocycles. The summed E-state index contributed by atoms with van der Waals surface area (Å²) in [5, 5.41) is 3.71. The van der Waals surface area contributed by atoms with E-state index in [-0.39, 0.29) is 18.5 Å². The van der Waals surface area contributed by atoms with Crippen LogP contribution in [0, 0.1) is 0 Å². The molecule has 3 heterocycles. The van der Waals surface area contributed by atoms with Crippen LogP contribution in [0.4, 0.5) is 10.5 Å². The van der Waals surface area contributed by atoms with Gasteiger partial charge in [-0.3, -0.25) is 9.69 Å². The fourth-order valence-corrected chi connectivity index (χ4v) is 4.47. The maximum Gasteiger partial charge on any atom is 0.325 e. The average Bonchev–Trinajstić information content (AvgIpc) is 3.35. The van der Waals surface area contributed by atoms with Crippen molar-refractivity contribution in [3.05, 3.63) is 47.5 Å². The predicted octanol–water partition coefficient (Wildman–Crippen LogP) is 2.63. The average molecular weight is 424 g/mol. The fraction of sp³-hybridized carbons (Fsp3) is 0.286. The molecule has 1 fully saturated rings. The van der Waals surface area contributed by atoms with Gasteiger partial charge in [0.05, 0.1) is 16.8 Å². The van der Waals surface area contributed by atoms with Gasteiger partial charge in [-0.25, -0.2) is 9.78 Å². The zero-order chi connectivity index (χ0) is 20.5. The van der Waals surface area contributed by atoms with Crippen molar-refractivity contribution >= 4 is 39.2 Å². The van der Waals surface area contributed by atoms with Crippen LogP contribution in [0.1, 0.15) is 5.01 Å². The van der Waals surface area contributed by atoms with E-state index in [9.17, 15) is 9.59 Å². The van der Waals surface area contributed by atoms with E-state index in [0.717, 1.165) is 20.9 Å². The first-order valence-electron chi connectivity index (χ1n) is 9.74. The number of anilines is 1. The monoisotopic (exact) mass is 424 g/mol. The number of nitrogens with one attached hydrogen (secondary N) is 1. The first-order valence-corrected chi connectivity index (χ1v) is 10.6. The number of benzene rings is 2. The fourth-order valence-electron chi connectivity index (χ4n) is 3.57. The van der Waals surface area contributed by atoms with Crippen LogP contribution in [0.2, 0.25) is 0 Å². The number of hydrogen-bond acceptors (Lipinski definition) is 6. The zero-order valence-electron chi connectivity index (χ0n) is 16.2. The van der Waals surface area contributed by atoms with Gasteiger partial charge in [0, 0.05) is 24.8 Å². The number of ether oxygens (including phenoxy) is 2. The minimum atomic E-state index is -0.202. The summed E-state index contributed by atoms with van der Waals surface area (Å²) in [6.45, 7) is 2.39. The van der Waals surface area contributed by atoms with Crippen LogP contribution in [0.15, 0.2) is 42.5 Å². The highest BCUT2D eigenvalue weighted by atomic mass is 32.1. The molecule has 2 aliphatic heterocycles. The Labute approximate surface area is 177 Å². The molecule has 1 saturated heterocycles. The highest BCUT2D eigenvalue weighted by Crippen LogP contribution is 2.35. The van der Waals surface area contributed by atoms with Gasteiger partial charge >= 0.3 is 6.03 Å². The zero-order valence-corrected chi connectivity index (χ0v) is 17.0. The van der Waals surface area contributed by atoms with Gasteiger partial charge in [-0.1, -0.05) is 12.1 Å². The van der Waals surface area contributed by atoms with E-state index >= 15 is 0 Å². The van der Waals surface area contributed by atoms with E-state index in [0.29, 0.717) is 44.3 Å². The van der Waals surface area contributed by atoms with Gasteiger partial charge in [0.25, 0.3) is 0 Å². The second-order valence-corrected chi connectivity index (χ2v) is 8.15. The van der Waals surface area contributed by atoms with Gasteiger partial charge in [0.2, 0.25) is 5.91 Å². The van der Waals surface area contributed by atoms with Crippen molar-refractivity contribution < 1.29 is 19.1 Å². The number of rotatable bonds is 5. The Morgan fingerprint density at radius 2 is 1.93 bits per heavy atom. The number of amides is 3. The van der Waals surface area contributed by atoms with Gasteiger partial charge in [-0.05, 0) is 24.3 Å². The number of carbonyl (C=O) groups excluding carboxylic acids is 2. The number of hydrogen-bond donors (Lipinski definition) is 1. The third-order valence-electron chi connectivity index (χ3n) is 5.04. The number of carbonyl (C=O) groups is 2. The lowest BCUT2D eigenvalue weighted by Crippen LogP contribution is -2.39. The van der Waals surface area contributed by atoms with Crippen molar-refractivity contribution in [1.29, 1.82) is 0 Å². The lowest BCUT2D eigenvalue weighted by Gasteiger charge is -2.22. The van der Waals surface area contributed by atoms with E-state index in [1.165, 1.54) is 0 Å². The number of aromatic nitrogens is 1. The molecule has 3 amide bonds. The van der Waals surface area contributed by atoms with Crippen LogP contribution in [0.5, 0.6) is 11.5 Å². The van der Waals surface area contributed by atoms with Crippen LogP contribution >= 0.6 is 11.3 Å². The van der Waals surface area contributed by atoms with Crippen LogP contribution in [-0.2, 0) is 11.3 Å². The second kappa shape index (κ2) is 7.83. The van der Waals surface area contributed by atoms with Crippen LogP contribution in [-0.4, -0.2) is 54.7 Å². The normalized spacial score (nSPS) is 15.7. The topological polar surface area (TPSA) is 84.0 Å². The van der Waals surface area contributed by atoms with Crippen molar-refractivity contribution in [2.24, 2.45) is 0 Å². The molecule has 1 N–H and O–H groups in total. The molecule has 0 spiro atoms. The summed E-state index contributed by atoms with van der Waals surface area (Å²) in [5.74, 6) is 1.12. The molecule has 9 heteroatoms. The Hall–Kier alpha value is -3.33. The molecule has 0 unspecified atom stereocenters. The van der Waals surface area contributed by atoms with E-state index in [1.54, 1.807) is 21.1 Å². The Morgan fingerprint density at radius 3 is 2.80 bits per heavy atom. The molecule has 2 aliphatic rings. The summed E-state index contributed by atoms with van der Waals surface area (Å²) in [7, 11) is 0. The lowest BCUT2D eigenvalue weighted by molar-refractivity contribution is -0.121. The molecule has 5 rings (SSSR count). The smallest absolute Gasteiger partial charge is 0.325 e. The standard InChI is InChI=1S/C21H20N4O4S/c26-19(22-12-20-23-15-3-1-2-4-18(15)30-20)13-24-7-8-25(21(24)27)14-5-6-16-17(11-14)29-10-9-28-16/h1-6,11H,7-10,12-13H2,(H,22,26). The number of urea groups is 1. The highest BCUT2D eigenvalue weighted by Gasteiger charge is 2.31. The largest absolute Gasteiger partial charge is 0.486 e. The van der Waals surface area contributed by atoms with Crippen molar-refractivity contribution in [2.45, 2.75) is 6.54 Å². The minimum Gasteiger partial charge on any atom is -0.486 e. The number of fused-ring (bicyclic) bond motifs is 2. The predicted molar refractivity (Wildman–Crippen MR) is 113 cm³/mol. The van der Waals surface area contributed by atoms with Gasteiger partial charge in [0.1, 0.15) is 24.8 Å². The number of nitrogens with zero attached hydrogens (tertiary/aromatic N) is 3. The SMILES string of the molecule is O=C(CN1CCN(c2ccc3c(c2)OCCO3)C1=O)NCc1nc2ccccc2s1. The maximum absolute atomic E-state index is 12.8. The van der Waals surface area contributed by atoms with Gasteiger partial charge < -0.3 is 19.7 Å². The van der Waals surface area contributed by atoms with Crippen molar-refractivity contribution in [3.8, 4) is 11.5 Å². The quantitative estimate of drug-likeness (QED) is 0.681. The van der Waals surface area contributed by atoms with Crippen LogP contribution in [0.25, 0.3) is 10.2 Å². The van der Waals surface area contributed by atoms with E-state index in [1.807, 2.05) is 42.5 Å². The second-order valence-electron chi connectivity index (χ2n) is 7.04. The summed E-state index contributed by atoms with van der Waals surface area (Å²) >= 11 is 1.55. The van der Waals surface area contributed by atoms with Gasteiger partial charge in [0.15, 0.2) is 11.5 Å². The highest BCUT2D eigenvalue weighted by molar-refractivity contribution is 7.18. The first kappa shape index (κ1) is 18.7. The van der Waals surface area contributed by atoms with E-state index < -0.39 is 0 Å². The van der Waals surface area contributed by atoms with Gasteiger partial charge in [-0.15, -0.1) is 11.3 Å². The molecule has 0 saturated carbocycles. The Morgan fingerprint density at radius 1 is 1.10 bits per heavy atom. The van der Waals surface area contributed by atoms with Crippen LogP contribution in [0.3, 0.4) is 0 Å². The van der Waals surface area contributed by atoms with Crippen molar-refractivity contribution in [3.63, 3.8) is 0 Å². The number of para-hydroxylation sites is 1. The lowest BCUT2D eigenvalue weighted by atomic mass is 10.2. The summed E-state index contributed by atoms with van der Waals surface area (Å²) in [6.07, 6.45) is 0. The molecule has 2 aromatic carbocycles. The number of thiazole rings is 1. The Kier molecular flexibility index (Phi) is 4.88. The van der Waals surface area contributed by atoms with E-state index in [4.69, 9.17) is 9.47 Å². The molecule has 154 valence electrons. The molecular weight excluding hydrogens is 404 g/mol. The van der Waals surface area contributed by atoms with E-state index in [2.05, 4.69) is 10.3 Å². The Balaban J connectivity index is 1.18. The molecule has 3 aromatic rings. The Bertz CT molecular complexity index is 1080. The summed E-state index contributed by atoms with van der Waals surface area (Å²) < 4.78 is 12.2. The minimum absolute atomic E-state index is 0.0186. The molecular formula is C21H20N4O4S. The molecule has 0 atom stereocenters. The molecule has 0 radical (unpaired) electrons. The first-order chi connectivity index (χ1) is 14.7. The van der Waals surface area contributed by atoms with Crippen LogP contribution < -0.4 is 19.7 Å². The molecule has 8 nitrogen and oxygen atoms in total. The third kappa shape index (κ3) is 3.63. The third-order valence-corrected chi connectivity index (χ3v) is 6.08. The summed E-state index contributed by atoms with van der Waals surface area (Å²) in [6, 6.07) is 13.1. The van der Waals surface area contributed by atoms with Gasteiger partial charge in [-0.2, -0.15) is 0 Å². The summed E-state index contributed by atoms with van der Waals surface area (Å²) in [5.41, 5.74) is 1.66. The van der Waals surface area contributed by atoms with Crippen molar-refractivity contribution in [2.75, 3.05) is 37.7 Å². The molecule has 0 bridgehead atoms. The molecule has 1 aromatic heterocycles. The molecule has 30 heavy (non-hydrogen) atoms. The van der Waals surface area contributed by atoms with Crippen molar-refractivity contribution in [1.82, 2.24) is 15.2 Å². The maximum atomic E-state index is 12.8. The summed E-state index contributed by atoms with van der Waals surface area (Å²) in [4.78, 5) is 32.9.